The number of hydrogen-bond acceptors (Lipinski definition) is 6. The number of imidazole rings is 1. The van der Waals surface area contributed by atoms with E-state index in [0.29, 0.717) is 0 Å². The van der Waals surface area contributed by atoms with Gasteiger partial charge in [-0.05, 0) is 17.7 Å². The van der Waals surface area contributed by atoms with Crippen LogP contribution in [0.25, 0.3) is 11.2 Å². The second-order valence-corrected chi connectivity index (χ2v) is 5.85. The minimum Gasteiger partial charge on any atom is -0.378 e. The lowest BCUT2D eigenvalue weighted by molar-refractivity contribution is 0.709. The Hall–Kier alpha value is -3.36. The van der Waals surface area contributed by atoms with Gasteiger partial charge >= 0.3 is 5.69 Å². The molecule has 3 aromatic rings. The normalized spacial score (nSPS) is 11.4. The summed E-state index contributed by atoms with van der Waals surface area (Å²) in [6.07, 6.45) is 1.64. The van der Waals surface area contributed by atoms with Crippen LogP contribution in [0.3, 0.4) is 0 Å². The van der Waals surface area contributed by atoms with Gasteiger partial charge in [-0.3, -0.25) is 13.9 Å². The maximum atomic E-state index is 12.1. The summed E-state index contributed by atoms with van der Waals surface area (Å²) < 4.78 is 2.34. The van der Waals surface area contributed by atoms with Crippen molar-refractivity contribution in [1.82, 2.24) is 19.1 Å². The molecule has 0 aliphatic heterocycles. The first-order chi connectivity index (χ1) is 11.9. The van der Waals surface area contributed by atoms with Crippen LogP contribution in [0.4, 0.5) is 11.6 Å². The molecule has 0 saturated carbocycles. The van der Waals surface area contributed by atoms with Crippen molar-refractivity contribution in [3.63, 3.8) is 0 Å². The van der Waals surface area contributed by atoms with Gasteiger partial charge in [0, 0.05) is 33.9 Å². The first kappa shape index (κ1) is 16.5. The number of nitrogens with one attached hydrogen (secondary N) is 2. The third-order valence-corrected chi connectivity index (χ3v) is 3.89. The van der Waals surface area contributed by atoms with Gasteiger partial charge in [-0.1, -0.05) is 12.1 Å². The molecule has 0 bridgehead atoms. The Morgan fingerprint density at radius 2 is 1.84 bits per heavy atom. The topological polar surface area (TPSA) is 100 Å². The molecule has 9 heteroatoms. The highest BCUT2D eigenvalue weighted by Crippen LogP contribution is 2.11. The van der Waals surface area contributed by atoms with E-state index in [2.05, 4.69) is 20.5 Å². The Balaban J connectivity index is 1.84. The zero-order valence-corrected chi connectivity index (χ0v) is 14.4. The number of H-pyrrole nitrogens is 1. The lowest BCUT2D eigenvalue weighted by Gasteiger charge is -2.11. The van der Waals surface area contributed by atoms with E-state index in [4.69, 9.17) is 0 Å². The summed E-state index contributed by atoms with van der Waals surface area (Å²) in [5, 5.41) is 4.11. The average Bonchev–Trinajstić information content (AvgIpc) is 3.03. The van der Waals surface area contributed by atoms with E-state index in [1.54, 1.807) is 13.3 Å². The molecule has 0 radical (unpaired) electrons. The van der Waals surface area contributed by atoms with E-state index in [9.17, 15) is 9.59 Å². The van der Waals surface area contributed by atoms with Crippen LogP contribution in [0.15, 0.2) is 39.0 Å². The molecule has 3 rings (SSSR count). The Morgan fingerprint density at radius 3 is 2.48 bits per heavy atom. The number of rotatable bonds is 4. The maximum Gasteiger partial charge on any atom is 0.332 e. The van der Waals surface area contributed by atoms with Gasteiger partial charge in [0.25, 0.3) is 5.56 Å². The molecule has 0 fully saturated rings. The predicted molar refractivity (Wildman–Crippen MR) is 98.6 cm³/mol. The minimum absolute atomic E-state index is 0.248. The molecule has 0 atom stereocenters. The Morgan fingerprint density at radius 1 is 1.16 bits per heavy atom. The fraction of sp³-hybridized carbons (Fsp3) is 0.250. The summed E-state index contributed by atoms with van der Waals surface area (Å²) in [4.78, 5) is 33.1. The zero-order chi connectivity index (χ0) is 18.1. The quantitative estimate of drug-likeness (QED) is 0.531. The second-order valence-electron chi connectivity index (χ2n) is 5.85. The molecule has 0 unspecified atom stereocenters. The lowest BCUT2D eigenvalue weighted by Crippen LogP contribution is -2.36. The third-order valence-electron chi connectivity index (χ3n) is 3.89. The number of nitrogens with zero attached hydrogens (tertiary/aromatic N) is 5. The fourth-order valence-corrected chi connectivity index (χ4v) is 2.41. The summed E-state index contributed by atoms with van der Waals surface area (Å²) >= 11 is 0. The Labute approximate surface area is 143 Å². The van der Waals surface area contributed by atoms with Crippen LogP contribution < -0.4 is 21.6 Å². The molecule has 0 saturated heterocycles. The van der Waals surface area contributed by atoms with Gasteiger partial charge in [0.15, 0.2) is 11.2 Å². The number of aryl methyl sites for hydroxylation is 1. The van der Waals surface area contributed by atoms with Gasteiger partial charge in [-0.2, -0.15) is 10.1 Å². The predicted octanol–water partition coefficient (Wildman–Crippen LogP) is 0.472. The maximum absolute atomic E-state index is 12.1. The van der Waals surface area contributed by atoms with E-state index in [0.717, 1.165) is 15.8 Å². The van der Waals surface area contributed by atoms with Crippen molar-refractivity contribution in [2.75, 3.05) is 24.4 Å². The number of fused-ring (bicyclic) bond motifs is 1. The van der Waals surface area contributed by atoms with Crippen molar-refractivity contribution in [2.45, 2.75) is 0 Å². The Bertz CT molecular complexity index is 1060. The third kappa shape index (κ3) is 3.03. The number of anilines is 2. The lowest BCUT2D eigenvalue weighted by atomic mass is 10.2. The van der Waals surface area contributed by atoms with Crippen molar-refractivity contribution in [1.29, 1.82) is 0 Å². The largest absolute Gasteiger partial charge is 0.378 e. The van der Waals surface area contributed by atoms with E-state index >= 15 is 0 Å². The van der Waals surface area contributed by atoms with E-state index in [-0.39, 0.29) is 17.1 Å². The molecule has 2 aromatic heterocycles. The van der Waals surface area contributed by atoms with Gasteiger partial charge in [0.05, 0.1) is 6.21 Å². The van der Waals surface area contributed by atoms with Crippen LogP contribution in [0.1, 0.15) is 5.56 Å². The van der Waals surface area contributed by atoms with Gasteiger partial charge in [0.1, 0.15) is 0 Å². The van der Waals surface area contributed by atoms with Crippen molar-refractivity contribution >= 4 is 29.0 Å². The number of hydrogen-bond donors (Lipinski definition) is 2. The van der Waals surface area contributed by atoms with Gasteiger partial charge < -0.3 is 9.88 Å². The van der Waals surface area contributed by atoms with Crippen LogP contribution in [0, 0.1) is 0 Å². The number of benzene rings is 1. The molecule has 0 spiro atoms. The molecule has 2 N–H and O–H groups in total. The van der Waals surface area contributed by atoms with Crippen LogP contribution in [-0.4, -0.2) is 39.4 Å². The zero-order valence-electron chi connectivity index (χ0n) is 14.4. The molecular formula is C16H19N7O2. The van der Waals surface area contributed by atoms with Crippen LogP contribution in [0.5, 0.6) is 0 Å². The van der Waals surface area contributed by atoms with Crippen molar-refractivity contribution < 1.29 is 0 Å². The highest BCUT2D eigenvalue weighted by atomic mass is 16.2. The van der Waals surface area contributed by atoms with Crippen molar-refractivity contribution in [3.05, 3.63) is 50.7 Å². The van der Waals surface area contributed by atoms with E-state index in [1.165, 1.54) is 11.6 Å². The molecular weight excluding hydrogens is 322 g/mol. The number of hydrazone groups is 1. The molecule has 1 aromatic carbocycles. The fourth-order valence-electron chi connectivity index (χ4n) is 2.41. The molecule has 2 heterocycles. The summed E-state index contributed by atoms with van der Waals surface area (Å²) in [7, 11) is 6.94. The van der Waals surface area contributed by atoms with E-state index < -0.39 is 11.2 Å². The van der Waals surface area contributed by atoms with Crippen LogP contribution >= 0.6 is 0 Å². The van der Waals surface area contributed by atoms with Crippen molar-refractivity contribution in [3.8, 4) is 0 Å². The molecule has 130 valence electrons. The summed E-state index contributed by atoms with van der Waals surface area (Å²) in [5.74, 6) is 0.287. The first-order valence-electron chi connectivity index (χ1n) is 7.60. The van der Waals surface area contributed by atoms with Gasteiger partial charge in [0.2, 0.25) is 5.95 Å². The molecule has 0 aliphatic rings. The average molecular weight is 341 g/mol. The first-order valence-corrected chi connectivity index (χ1v) is 7.60. The highest BCUT2D eigenvalue weighted by Gasteiger charge is 2.12. The summed E-state index contributed by atoms with van der Waals surface area (Å²) in [6.45, 7) is 0. The van der Waals surface area contributed by atoms with Crippen LogP contribution in [-0.2, 0) is 14.1 Å². The summed E-state index contributed by atoms with van der Waals surface area (Å²) in [5.41, 5.74) is 4.42. The van der Waals surface area contributed by atoms with Crippen LogP contribution in [0.2, 0.25) is 0 Å². The monoisotopic (exact) mass is 341 g/mol. The SMILES string of the molecule is CN(C)c1ccc(/C=N/Nc2nc3c([nH]2)c(=O)n(C)c(=O)n3C)cc1. The standard InChI is InChI=1S/C16H19N7O2/c1-21(2)11-7-5-10(6-8-11)9-17-20-15-18-12-13(19-15)22(3)16(25)23(4)14(12)24/h5-9H,1-4H3,(H2,18,19,20)/b17-9+. The molecule has 0 amide bonds. The minimum atomic E-state index is -0.431. The Kier molecular flexibility index (Phi) is 4.14. The number of aromatic nitrogens is 4. The highest BCUT2D eigenvalue weighted by molar-refractivity contribution is 5.81. The van der Waals surface area contributed by atoms with Gasteiger partial charge in [-0.25, -0.2) is 10.2 Å². The molecule has 25 heavy (non-hydrogen) atoms. The van der Waals surface area contributed by atoms with Gasteiger partial charge in [-0.15, -0.1) is 0 Å². The second kappa shape index (κ2) is 6.27. The molecule has 0 aliphatic carbocycles. The smallest absolute Gasteiger partial charge is 0.332 e. The number of aromatic amines is 1. The molecule has 9 nitrogen and oxygen atoms in total. The van der Waals surface area contributed by atoms with Crippen molar-refractivity contribution in [2.24, 2.45) is 19.2 Å². The van der Waals surface area contributed by atoms with E-state index in [1.807, 2.05) is 43.3 Å². The summed E-state index contributed by atoms with van der Waals surface area (Å²) in [6, 6.07) is 7.86.